The molecule has 0 radical (unpaired) electrons. The number of benzene rings is 4. The van der Waals surface area contributed by atoms with Crippen molar-refractivity contribution in [3.05, 3.63) is 126 Å². The lowest BCUT2D eigenvalue weighted by atomic mass is 9.99. The van der Waals surface area contributed by atoms with E-state index in [2.05, 4.69) is 5.32 Å². The van der Waals surface area contributed by atoms with Crippen LogP contribution in [0.2, 0.25) is 0 Å². The molecule has 1 N–H and O–H groups in total. The van der Waals surface area contributed by atoms with Crippen molar-refractivity contribution in [2.24, 2.45) is 0 Å². The summed E-state index contributed by atoms with van der Waals surface area (Å²) in [5.41, 5.74) is 3.83. The molecule has 36 heavy (non-hydrogen) atoms. The van der Waals surface area contributed by atoms with Gasteiger partial charge in [-0.05, 0) is 34.4 Å². The van der Waals surface area contributed by atoms with Crippen LogP contribution in [-0.2, 0) is 14.8 Å². The maximum atomic E-state index is 13.6. The van der Waals surface area contributed by atoms with Gasteiger partial charge in [-0.15, -0.1) is 11.8 Å². The highest BCUT2D eigenvalue weighted by Gasteiger charge is 2.40. The Morgan fingerprint density at radius 2 is 1.25 bits per heavy atom. The smallest absolute Gasteiger partial charge is 0.249 e. The van der Waals surface area contributed by atoms with Crippen molar-refractivity contribution in [2.45, 2.75) is 16.3 Å². The summed E-state index contributed by atoms with van der Waals surface area (Å²) in [5, 5.41) is 2.28. The maximum absolute atomic E-state index is 13.6. The Hall–Kier alpha value is -3.39. The molecule has 0 bridgehead atoms. The van der Waals surface area contributed by atoms with Crippen molar-refractivity contribution in [1.82, 2.24) is 9.62 Å². The van der Waals surface area contributed by atoms with Gasteiger partial charge >= 0.3 is 0 Å². The normalized spacial score (nSPS) is 16.2. The van der Waals surface area contributed by atoms with Gasteiger partial charge in [0.25, 0.3) is 0 Å². The molecule has 0 spiro atoms. The lowest BCUT2D eigenvalue weighted by molar-refractivity contribution is -0.122. The first kappa shape index (κ1) is 24.3. The molecule has 5 nitrogen and oxygen atoms in total. The minimum atomic E-state index is -3.85. The first-order chi connectivity index (χ1) is 17.5. The highest BCUT2D eigenvalue weighted by molar-refractivity contribution is 8.02. The van der Waals surface area contributed by atoms with Gasteiger partial charge in [0.05, 0.1) is 10.9 Å². The van der Waals surface area contributed by atoms with Gasteiger partial charge in [0, 0.05) is 12.3 Å². The molecule has 7 heteroatoms. The largest absolute Gasteiger partial charge is 0.343 e. The molecule has 0 aliphatic carbocycles. The van der Waals surface area contributed by atoms with Crippen molar-refractivity contribution in [1.29, 1.82) is 0 Å². The van der Waals surface area contributed by atoms with Crippen molar-refractivity contribution in [3.63, 3.8) is 0 Å². The number of amides is 1. The Morgan fingerprint density at radius 3 is 1.81 bits per heavy atom. The van der Waals surface area contributed by atoms with Gasteiger partial charge < -0.3 is 5.32 Å². The lowest BCUT2D eigenvalue weighted by Gasteiger charge is -2.26. The molecular weight excluding hydrogens is 488 g/mol. The summed E-state index contributed by atoms with van der Waals surface area (Å²) in [6.45, 7) is 0.285. The second-order valence-electron chi connectivity index (χ2n) is 8.49. The maximum Gasteiger partial charge on any atom is 0.249 e. The third-order valence-electron chi connectivity index (χ3n) is 6.19. The third kappa shape index (κ3) is 5.09. The quantitative estimate of drug-likeness (QED) is 0.362. The van der Waals surface area contributed by atoms with E-state index in [1.165, 1.54) is 16.1 Å². The van der Waals surface area contributed by atoms with Gasteiger partial charge in [0.2, 0.25) is 15.9 Å². The molecule has 1 atom stereocenters. The first-order valence-electron chi connectivity index (χ1n) is 11.7. The second-order valence-corrected chi connectivity index (χ2v) is 11.6. The van der Waals surface area contributed by atoms with Crippen LogP contribution in [0.25, 0.3) is 11.1 Å². The van der Waals surface area contributed by atoms with Crippen LogP contribution in [0.3, 0.4) is 0 Å². The van der Waals surface area contributed by atoms with Crippen LogP contribution < -0.4 is 5.32 Å². The lowest BCUT2D eigenvalue weighted by Crippen LogP contribution is -2.45. The number of carbonyl (C=O) groups excluding carboxylic acids is 1. The molecule has 0 aromatic heterocycles. The summed E-state index contributed by atoms with van der Waals surface area (Å²) in [5.74, 6) is 0.237. The van der Waals surface area contributed by atoms with Crippen LogP contribution in [-0.4, -0.2) is 36.3 Å². The van der Waals surface area contributed by atoms with Gasteiger partial charge in [-0.2, -0.15) is 4.31 Å². The molecule has 0 saturated carbocycles. The summed E-state index contributed by atoms with van der Waals surface area (Å²) in [6, 6.07) is 35.7. The molecule has 4 aromatic carbocycles. The molecule has 1 heterocycles. The predicted octanol–water partition coefficient (Wildman–Crippen LogP) is 5.32. The number of nitrogens with one attached hydrogen (secondary N) is 1. The van der Waals surface area contributed by atoms with E-state index in [4.69, 9.17) is 0 Å². The van der Waals surface area contributed by atoms with Crippen molar-refractivity contribution in [3.8, 4) is 11.1 Å². The summed E-state index contributed by atoms with van der Waals surface area (Å²) in [7, 11) is -3.85. The van der Waals surface area contributed by atoms with E-state index in [1.54, 1.807) is 24.3 Å². The fourth-order valence-electron chi connectivity index (χ4n) is 4.36. The first-order valence-corrected chi connectivity index (χ1v) is 14.2. The van der Waals surface area contributed by atoms with Crippen molar-refractivity contribution in [2.75, 3.05) is 12.3 Å². The Balaban J connectivity index is 1.38. The SMILES string of the molecule is O=C(NC(c1ccccc1)c1ccccc1)C1SCCN1S(=O)(=O)c1ccc(-c2ccccc2)cc1. The highest BCUT2D eigenvalue weighted by Crippen LogP contribution is 2.32. The average Bonchev–Trinajstić information content (AvgIpc) is 3.45. The average molecular weight is 515 g/mol. The van der Waals surface area contributed by atoms with Crippen LogP contribution in [0.15, 0.2) is 120 Å². The van der Waals surface area contributed by atoms with Gasteiger partial charge in [-0.25, -0.2) is 8.42 Å². The van der Waals surface area contributed by atoms with Crippen LogP contribution in [0.1, 0.15) is 17.2 Å². The fraction of sp³-hybridized carbons (Fsp3) is 0.138. The standard InChI is InChI=1S/C29H26N2O3S2/c32-28(30-27(24-12-6-2-7-13-24)25-14-8-3-9-15-25)29-31(20-21-35-29)36(33,34)26-18-16-23(17-19-26)22-10-4-1-5-11-22/h1-19,27,29H,20-21H2,(H,30,32). The molecule has 182 valence electrons. The van der Waals surface area contributed by atoms with E-state index in [0.29, 0.717) is 5.75 Å². The Morgan fingerprint density at radius 1 is 0.750 bits per heavy atom. The molecule has 1 fully saturated rings. The van der Waals surface area contributed by atoms with Gasteiger partial charge in [-0.1, -0.05) is 103 Å². The molecule has 4 aromatic rings. The van der Waals surface area contributed by atoms with Crippen LogP contribution in [0, 0.1) is 0 Å². The number of nitrogens with zero attached hydrogens (tertiary/aromatic N) is 1. The highest BCUT2D eigenvalue weighted by atomic mass is 32.2. The van der Waals surface area contributed by atoms with E-state index in [9.17, 15) is 13.2 Å². The van der Waals surface area contributed by atoms with E-state index in [1.807, 2.05) is 91.0 Å². The topological polar surface area (TPSA) is 66.5 Å². The zero-order valence-corrected chi connectivity index (χ0v) is 21.2. The Labute approximate surface area is 216 Å². The summed E-state index contributed by atoms with van der Waals surface area (Å²) < 4.78 is 28.4. The second kappa shape index (κ2) is 10.7. The van der Waals surface area contributed by atoms with Gasteiger partial charge in [-0.3, -0.25) is 4.79 Å². The van der Waals surface area contributed by atoms with Crippen LogP contribution >= 0.6 is 11.8 Å². The van der Waals surface area contributed by atoms with E-state index < -0.39 is 15.4 Å². The molecule has 1 aliphatic rings. The van der Waals surface area contributed by atoms with Crippen molar-refractivity contribution >= 4 is 27.7 Å². The Bertz CT molecular complexity index is 1370. The third-order valence-corrected chi connectivity index (χ3v) is 9.41. The number of hydrogen-bond acceptors (Lipinski definition) is 4. The molecular formula is C29H26N2O3S2. The minimum absolute atomic E-state index is 0.185. The number of carbonyl (C=O) groups is 1. The number of rotatable bonds is 7. The van der Waals surface area contributed by atoms with E-state index >= 15 is 0 Å². The minimum Gasteiger partial charge on any atom is -0.343 e. The summed E-state index contributed by atoms with van der Waals surface area (Å²) in [4.78, 5) is 13.7. The Kier molecular flexibility index (Phi) is 7.23. The van der Waals surface area contributed by atoms with Gasteiger partial charge in [0.15, 0.2) is 0 Å². The summed E-state index contributed by atoms with van der Waals surface area (Å²) in [6.07, 6.45) is 0. The number of sulfonamides is 1. The molecule has 1 aliphatic heterocycles. The molecule has 1 saturated heterocycles. The molecule has 1 unspecified atom stereocenters. The van der Waals surface area contributed by atoms with Crippen LogP contribution in [0.5, 0.6) is 0 Å². The molecule has 5 rings (SSSR count). The van der Waals surface area contributed by atoms with Gasteiger partial charge in [0.1, 0.15) is 5.37 Å². The zero-order valence-electron chi connectivity index (χ0n) is 19.5. The van der Waals surface area contributed by atoms with Crippen molar-refractivity contribution < 1.29 is 13.2 Å². The molecule has 1 amide bonds. The van der Waals surface area contributed by atoms with Crippen LogP contribution in [0.4, 0.5) is 0 Å². The summed E-state index contributed by atoms with van der Waals surface area (Å²) >= 11 is 1.35. The number of hydrogen-bond donors (Lipinski definition) is 1. The predicted molar refractivity (Wildman–Crippen MR) is 145 cm³/mol. The monoisotopic (exact) mass is 514 g/mol. The van der Waals surface area contributed by atoms with E-state index in [0.717, 1.165) is 22.3 Å². The zero-order chi connectivity index (χ0) is 25.0. The number of thioether (sulfide) groups is 1. The van der Waals surface area contributed by atoms with E-state index in [-0.39, 0.29) is 23.4 Å². The fourth-order valence-corrected chi connectivity index (χ4v) is 7.44.